The molecule has 0 spiro atoms. The first-order valence-electron chi connectivity index (χ1n) is 7.50. The second kappa shape index (κ2) is 6.96. The summed E-state index contributed by atoms with van der Waals surface area (Å²) in [5.41, 5.74) is 0.870. The van der Waals surface area contributed by atoms with E-state index in [1.54, 1.807) is 30.6 Å². The Morgan fingerprint density at radius 3 is 2.95 bits per heavy atom. The number of benzene rings is 1. The molecule has 4 nitrogen and oxygen atoms in total. The Kier molecular flexibility index (Phi) is 4.98. The van der Waals surface area contributed by atoms with Gasteiger partial charge in [0.15, 0.2) is 0 Å². The van der Waals surface area contributed by atoms with Crippen molar-refractivity contribution in [3.8, 4) is 5.75 Å². The lowest BCUT2D eigenvalue weighted by Gasteiger charge is -2.32. The summed E-state index contributed by atoms with van der Waals surface area (Å²) < 4.78 is 6.46. The lowest BCUT2D eigenvalue weighted by molar-refractivity contribution is -0.119. The molecule has 1 fully saturated rings. The average Bonchev–Trinajstić information content (AvgIpc) is 2.94. The van der Waals surface area contributed by atoms with Crippen molar-refractivity contribution in [1.82, 2.24) is 0 Å². The van der Waals surface area contributed by atoms with E-state index in [0.717, 1.165) is 41.0 Å². The third-order valence-corrected chi connectivity index (χ3v) is 6.45. The Labute approximate surface area is 139 Å². The minimum absolute atomic E-state index is 0.0322. The quantitative estimate of drug-likeness (QED) is 0.848. The molecule has 0 saturated carbocycles. The lowest BCUT2D eigenvalue weighted by atomic mass is 10.1. The fourth-order valence-corrected chi connectivity index (χ4v) is 5.21. The largest absolute Gasteiger partial charge is 0.495 e. The minimum Gasteiger partial charge on any atom is -0.495 e. The molecule has 6 heteroatoms. The van der Waals surface area contributed by atoms with E-state index in [-0.39, 0.29) is 11.2 Å². The Morgan fingerprint density at radius 2 is 2.23 bits per heavy atom. The van der Waals surface area contributed by atoms with Gasteiger partial charge in [0.25, 0.3) is 0 Å². The topological polar surface area (TPSA) is 41.9 Å². The number of ether oxygens (including phenoxy) is 1. The van der Waals surface area contributed by atoms with Gasteiger partial charge in [0.1, 0.15) is 10.1 Å². The fourth-order valence-electron chi connectivity index (χ4n) is 2.68. The number of thioether (sulfide) groups is 2. The first-order valence-corrected chi connectivity index (χ1v) is 9.37. The molecule has 1 amide bonds. The first kappa shape index (κ1) is 15.7. The van der Waals surface area contributed by atoms with Gasteiger partial charge in [0.2, 0.25) is 5.91 Å². The molecular weight excluding hydrogens is 316 g/mol. The van der Waals surface area contributed by atoms with Crippen LogP contribution in [0.5, 0.6) is 5.75 Å². The molecule has 0 aliphatic carbocycles. The minimum atomic E-state index is -0.0322. The normalized spacial score (nSPS) is 25.3. The molecule has 0 bridgehead atoms. The molecule has 2 atom stereocenters. The number of carbonyl (C=O) groups is 1. The maximum atomic E-state index is 12.8. The summed E-state index contributed by atoms with van der Waals surface area (Å²) in [5, 5.41) is -0.0322. The summed E-state index contributed by atoms with van der Waals surface area (Å²) in [6.45, 7) is 2.87. The predicted octanol–water partition coefficient (Wildman–Crippen LogP) is 3.42. The van der Waals surface area contributed by atoms with Crippen LogP contribution in [-0.4, -0.2) is 41.0 Å². The van der Waals surface area contributed by atoms with Gasteiger partial charge in [0, 0.05) is 12.3 Å². The van der Waals surface area contributed by atoms with Crippen molar-refractivity contribution in [3.05, 3.63) is 24.3 Å². The van der Waals surface area contributed by atoms with Crippen molar-refractivity contribution >= 4 is 39.5 Å². The molecule has 22 heavy (non-hydrogen) atoms. The standard InChI is InChI=1S/C16H20N2O2S2/c1-11-10-21-16(17-11)22-14-8-5-9-18(15(14)19)12-6-3-4-7-13(12)20-2/h3-4,6-7,11,14H,5,8-10H2,1-2H3/t11-,14+/m0/s1. The number of hydrogen-bond donors (Lipinski definition) is 0. The maximum Gasteiger partial charge on any atom is 0.240 e. The van der Waals surface area contributed by atoms with Crippen molar-refractivity contribution in [1.29, 1.82) is 0 Å². The van der Waals surface area contributed by atoms with Crippen LogP contribution in [0.3, 0.4) is 0 Å². The highest BCUT2D eigenvalue weighted by Gasteiger charge is 2.33. The third-order valence-electron chi connectivity index (χ3n) is 3.78. The second-order valence-electron chi connectivity index (χ2n) is 5.47. The highest BCUT2D eigenvalue weighted by molar-refractivity contribution is 8.39. The van der Waals surface area contributed by atoms with Crippen LogP contribution in [0.4, 0.5) is 5.69 Å². The van der Waals surface area contributed by atoms with Crippen LogP contribution in [0.15, 0.2) is 29.3 Å². The number of piperidine rings is 1. The molecule has 2 aliphatic rings. The lowest BCUT2D eigenvalue weighted by Crippen LogP contribution is -2.43. The molecule has 0 radical (unpaired) electrons. The number of para-hydroxylation sites is 2. The van der Waals surface area contributed by atoms with Gasteiger partial charge in [-0.05, 0) is 31.9 Å². The van der Waals surface area contributed by atoms with Crippen LogP contribution in [0, 0.1) is 0 Å². The number of anilines is 1. The van der Waals surface area contributed by atoms with E-state index in [9.17, 15) is 4.79 Å². The number of rotatable bonds is 3. The SMILES string of the molecule is COc1ccccc1N1CCC[C@@H](SC2=N[C@@H](C)CS2)C1=O. The summed E-state index contributed by atoms with van der Waals surface area (Å²) in [6.07, 6.45) is 1.93. The smallest absolute Gasteiger partial charge is 0.240 e. The monoisotopic (exact) mass is 336 g/mol. The summed E-state index contributed by atoms with van der Waals surface area (Å²) in [6, 6.07) is 8.09. The Hall–Kier alpha value is -1.14. The van der Waals surface area contributed by atoms with Gasteiger partial charge in [-0.1, -0.05) is 35.7 Å². The van der Waals surface area contributed by atoms with E-state index in [4.69, 9.17) is 4.74 Å². The number of hydrogen-bond acceptors (Lipinski definition) is 5. The van der Waals surface area contributed by atoms with Gasteiger partial charge in [-0.2, -0.15) is 0 Å². The maximum absolute atomic E-state index is 12.8. The van der Waals surface area contributed by atoms with Crippen LogP contribution in [-0.2, 0) is 4.79 Å². The van der Waals surface area contributed by atoms with Gasteiger partial charge in [0.05, 0.1) is 24.1 Å². The van der Waals surface area contributed by atoms with Crippen LogP contribution < -0.4 is 9.64 Å². The number of amides is 1. The van der Waals surface area contributed by atoms with E-state index in [1.165, 1.54) is 0 Å². The van der Waals surface area contributed by atoms with Gasteiger partial charge >= 0.3 is 0 Å². The van der Waals surface area contributed by atoms with Crippen molar-refractivity contribution in [2.45, 2.75) is 31.1 Å². The highest BCUT2D eigenvalue weighted by atomic mass is 32.2. The third kappa shape index (κ3) is 3.27. The summed E-state index contributed by atoms with van der Waals surface area (Å²) in [7, 11) is 1.64. The van der Waals surface area contributed by atoms with Crippen LogP contribution in [0.2, 0.25) is 0 Å². The number of aliphatic imine (C=N–C) groups is 1. The molecule has 3 rings (SSSR count). The zero-order valence-corrected chi connectivity index (χ0v) is 14.5. The molecule has 2 heterocycles. The summed E-state index contributed by atoms with van der Waals surface area (Å²) in [5.74, 6) is 1.95. The first-order chi connectivity index (χ1) is 10.7. The van der Waals surface area contributed by atoms with Gasteiger partial charge in [-0.25, -0.2) is 0 Å². The summed E-state index contributed by atoms with van der Waals surface area (Å²) >= 11 is 3.40. The number of methoxy groups -OCH3 is 1. The van der Waals surface area contributed by atoms with Crippen LogP contribution in [0.25, 0.3) is 0 Å². The number of carbonyl (C=O) groups excluding carboxylic acids is 1. The van der Waals surface area contributed by atoms with Crippen molar-refractivity contribution in [2.75, 3.05) is 24.3 Å². The average molecular weight is 336 g/mol. The summed E-state index contributed by atoms with van der Waals surface area (Å²) in [4.78, 5) is 19.3. The van der Waals surface area contributed by atoms with Crippen molar-refractivity contribution in [3.63, 3.8) is 0 Å². The Morgan fingerprint density at radius 1 is 1.41 bits per heavy atom. The Bertz CT molecular complexity index is 591. The molecule has 1 saturated heterocycles. The predicted molar refractivity (Wildman–Crippen MR) is 95.3 cm³/mol. The van der Waals surface area contributed by atoms with Crippen molar-refractivity contribution in [2.24, 2.45) is 4.99 Å². The van der Waals surface area contributed by atoms with Crippen LogP contribution in [0.1, 0.15) is 19.8 Å². The zero-order valence-electron chi connectivity index (χ0n) is 12.8. The zero-order chi connectivity index (χ0) is 15.5. The van der Waals surface area contributed by atoms with Gasteiger partial charge in [-0.15, -0.1) is 0 Å². The van der Waals surface area contributed by atoms with Crippen LogP contribution >= 0.6 is 23.5 Å². The molecule has 118 valence electrons. The van der Waals surface area contributed by atoms with E-state index in [2.05, 4.69) is 11.9 Å². The van der Waals surface area contributed by atoms with E-state index in [0.29, 0.717) is 6.04 Å². The van der Waals surface area contributed by atoms with Gasteiger partial charge < -0.3 is 9.64 Å². The van der Waals surface area contributed by atoms with E-state index in [1.807, 2.05) is 29.2 Å². The molecule has 1 aromatic carbocycles. The van der Waals surface area contributed by atoms with E-state index < -0.39 is 0 Å². The Balaban J connectivity index is 1.76. The van der Waals surface area contributed by atoms with E-state index >= 15 is 0 Å². The van der Waals surface area contributed by atoms with Crippen molar-refractivity contribution < 1.29 is 9.53 Å². The second-order valence-corrected chi connectivity index (χ2v) is 7.92. The molecule has 2 aliphatic heterocycles. The molecule has 0 aromatic heterocycles. The molecular formula is C16H20N2O2S2. The highest BCUT2D eigenvalue weighted by Crippen LogP contribution is 2.36. The fraction of sp³-hybridized carbons (Fsp3) is 0.500. The molecule has 0 N–H and O–H groups in total. The molecule has 0 unspecified atom stereocenters. The molecule has 1 aromatic rings. The van der Waals surface area contributed by atoms with Gasteiger partial charge in [-0.3, -0.25) is 9.79 Å². The number of nitrogens with zero attached hydrogens (tertiary/aromatic N) is 2.